The first-order valence-electron chi connectivity index (χ1n) is 8.31. The zero-order valence-electron chi connectivity index (χ0n) is 15.0. The summed E-state index contributed by atoms with van der Waals surface area (Å²) in [6.45, 7) is 5.10. The lowest BCUT2D eigenvalue weighted by atomic mass is 10.3. The topological polar surface area (TPSA) is 80.9 Å². The molecule has 3 aromatic rings. The van der Waals surface area contributed by atoms with Crippen molar-refractivity contribution < 1.29 is 4.79 Å². The Kier molecular flexibility index (Phi) is 4.69. The zero-order valence-corrected chi connectivity index (χ0v) is 15.0. The maximum absolute atomic E-state index is 12.5. The molecule has 0 aliphatic rings. The molecule has 0 fully saturated rings. The van der Waals surface area contributed by atoms with Crippen LogP contribution in [0.3, 0.4) is 0 Å². The summed E-state index contributed by atoms with van der Waals surface area (Å²) in [6.07, 6.45) is 1.67. The van der Waals surface area contributed by atoms with Crippen LogP contribution in [0.25, 0.3) is 11.0 Å². The Balaban J connectivity index is 1.69. The summed E-state index contributed by atoms with van der Waals surface area (Å²) in [7, 11) is 3.72. The van der Waals surface area contributed by atoms with Gasteiger partial charge in [0.2, 0.25) is 0 Å². The predicted molar refractivity (Wildman–Crippen MR) is 94.8 cm³/mol. The maximum Gasteiger partial charge on any atom is 0.318 e. The molecule has 0 aliphatic carbocycles. The van der Waals surface area contributed by atoms with Gasteiger partial charge in [0.15, 0.2) is 5.82 Å². The monoisotopic (exact) mass is 341 g/mol. The SMILES string of the molecule is CCn1cnnc1C(C)NC(=O)N(C)Cc1nc2ccccc2n1C. The van der Waals surface area contributed by atoms with Gasteiger partial charge in [-0.15, -0.1) is 10.2 Å². The quantitative estimate of drug-likeness (QED) is 0.770. The highest BCUT2D eigenvalue weighted by atomic mass is 16.2. The fraction of sp³-hybridized carbons (Fsp3) is 0.412. The third-order valence-electron chi connectivity index (χ3n) is 4.32. The van der Waals surface area contributed by atoms with Crippen molar-refractivity contribution in [2.24, 2.45) is 7.05 Å². The number of aromatic nitrogens is 5. The third kappa shape index (κ3) is 3.33. The highest BCUT2D eigenvalue weighted by Crippen LogP contribution is 2.15. The number of nitrogens with zero attached hydrogens (tertiary/aromatic N) is 6. The predicted octanol–water partition coefficient (Wildman–Crippen LogP) is 2.09. The fourth-order valence-corrected chi connectivity index (χ4v) is 2.82. The van der Waals surface area contributed by atoms with Crippen LogP contribution in [0.2, 0.25) is 0 Å². The minimum Gasteiger partial charge on any atom is -0.330 e. The van der Waals surface area contributed by atoms with E-state index >= 15 is 0 Å². The van der Waals surface area contributed by atoms with Gasteiger partial charge < -0.3 is 19.4 Å². The van der Waals surface area contributed by atoms with Crippen LogP contribution in [0.15, 0.2) is 30.6 Å². The Morgan fingerprint density at radius 1 is 1.36 bits per heavy atom. The van der Waals surface area contributed by atoms with E-state index in [9.17, 15) is 4.79 Å². The molecule has 0 saturated heterocycles. The van der Waals surface area contributed by atoms with Crippen LogP contribution in [0, 0.1) is 0 Å². The molecule has 8 nitrogen and oxygen atoms in total. The van der Waals surface area contributed by atoms with E-state index in [4.69, 9.17) is 0 Å². The molecule has 0 bridgehead atoms. The number of para-hydroxylation sites is 2. The first kappa shape index (κ1) is 16.9. The number of imidazole rings is 1. The van der Waals surface area contributed by atoms with Crippen molar-refractivity contribution in [3.8, 4) is 0 Å². The maximum atomic E-state index is 12.5. The van der Waals surface area contributed by atoms with Gasteiger partial charge >= 0.3 is 6.03 Å². The molecule has 2 aromatic heterocycles. The minimum atomic E-state index is -0.224. The van der Waals surface area contributed by atoms with Gasteiger partial charge in [0, 0.05) is 20.6 Å². The molecule has 8 heteroatoms. The highest BCUT2D eigenvalue weighted by Gasteiger charge is 2.19. The van der Waals surface area contributed by atoms with E-state index < -0.39 is 0 Å². The molecule has 1 aromatic carbocycles. The van der Waals surface area contributed by atoms with Gasteiger partial charge in [-0.2, -0.15) is 0 Å². The molecule has 25 heavy (non-hydrogen) atoms. The standard InChI is InChI=1S/C17H23N7O/c1-5-24-11-18-21-16(24)12(2)19-17(25)22(3)10-15-20-13-8-6-7-9-14(13)23(15)4/h6-9,11-12H,5,10H2,1-4H3,(H,19,25). The van der Waals surface area contributed by atoms with E-state index in [-0.39, 0.29) is 12.1 Å². The zero-order chi connectivity index (χ0) is 18.0. The van der Waals surface area contributed by atoms with Gasteiger partial charge in [-0.05, 0) is 26.0 Å². The molecule has 0 spiro atoms. The number of carbonyl (C=O) groups is 1. The van der Waals surface area contributed by atoms with Gasteiger partial charge in [0.25, 0.3) is 0 Å². The lowest BCUT2D eigenvalue weighted by Gasteiger charge is -2.21. The van der Waals surface area contributed by atoms with Crippen LogP contribution in [-0.2, 0) is 20.1 Å². The highest BCUT2D eigenvalue weighted by molar-refractivity contribution is 5.76. The van der Waals surface area contributed by atoms with E-state index in [1.54, 1.807) is 18.3 Å². The lowest BCUT2D eigenvalue weighted by Crippen LogP contribution is -2.39. The van der Waals surface area contributed by atoms with Gasteiger partial charge in [0.05, 0.1) is 23.6 Å². The van der Waals surface area contributed by atoms with Crippen LogP contribution >= 0.6 is 0 Å². The molecule has 1 unspecified atom stereocenters. The van der Waals surface area contributed by atoms with Crippen molar-refractivity contribution >= 4 is 17.1 Å². The summed E-state index contributed by atoms with van der Waals surface area (Å²) in [6, 6.07) is 7.53. The summed E-state index contributed by atoms with van der Waals surface area (Å²) in [5.74, 6) is 1.58. The molecule has 2 amide bonds. The first-order valence-corrected chi connectivity index (χ1v) is 8.31. The van der Waals surface area contributed by atoms with E-state index in [0.29, 0.717) is 6.54 Å². The molecule has 0 radical (unpaired) electrons. The second kappa shape index (κ2) is 6.92. The molecule has 132 valence electrons. The van der Waals surface area contributed by atoms with E-state index in [1.807, 2.05) is 54.3 Å². The van der Waals surface area contributed by atoms with Crippen LogP contribution in [0.1, 0.15) is 31.5 Å². The van der Waals surface area contributed by atoms with Crippen molar-refractivity contribution in [1.82, 2.24) is 34.5 Å². The lowest BCUT2D eigenvalue weighted by molar-refractivity contribution is 0.201. The van der Waals surface area contributed by atoms with Gasteiger partial charge in [0.1, 0.15) is 12.2 Å². The Labute approximate surface area is 146 Å². The van der Waals surface area contributed by atoms with Crippen molar-refractivity contribution in [3.63, 3.8) is 0 Å². The number of carbonyl (C=O) groups excluding carboxylic acids is 1. The second-order valence-electron chi connectivity index (χ2n) is 6.08. The van der Waals surface area contributed by atoms with Crippen LogP contribution in [-0.4, -0.2) is 42.3 Å². The molecule has 2 heterocycles. The van der Waals surface area contributed by atoms with Crippen LogP contribution < -0.4 is 5.32 Å². The van der Waals surface area contributed by atoms with Crippen molar-refractivity contribution in [2.45, 2.75) is 33.0 Å². The second-order valence-corrected chi connectivity index (χ2v) is 6.08. The van der Waals surface area contributed by atoms with Gasteiger partial charge in [-0.25, -0.2) is 9.78 Å². The molecule has 0 aliphatic heterocycles. The number of urea groups is 1. The van der Waals surface area contributed by atoms with Crippen molar-refractivity contribution in [3.05, 3.63) is 42.2 Å². The normalized spacial score (nSPS) is 12.3. The Bertz CT molecular complexity index is 882. The number of hydrogen-bond acceptors (Lipinski definition) is 4. The minimum absolute atomic E-state index is 0.176. The molecule has 1 atom stereocenters. The largest absolute Gasteiger partial charge is 0.330 e. The Hall–Kier alpha value is -2.90. The summed E-state index contributed by atoms with van der Waals surface area (Å²) in [5, 5.41) is 11.0. The average Bonchev–Trinajstić information content (AvgIpc) is 3.20. The number of hydrogen-bond donors (Lipinski definition) is 1. The number of rotatable bonds is 5. The van der Waals surface area contributed by atoms with Crippen LogP contribution in [0.4, 0.5) is 4.79 Å². The molecular weight excluding hydrogens is 318 g/mol. The molecule has 1 N–H and O–H groups in total. The third-order valence-corrected chi connectivity index (χ3v) is 4.32. The smallest absolute Gasteiger partial charge is 0.318 e. The van der Waals surface area contributed by atoms with Crippen molar-refractivity contribution in [2.75, 3.05) is 7.05 Å². The van der Waals surface area contributed by atoms with E-state index in [0.717, 1.165) is 29.2 Å². The van der Waals surface area contributed by atoms with Gasteiger partial charge in [-0.3, -0.25) is 0 Å². The Morgan fingerprint density at radius 2 is 2.12 bits per heavy atom. The Morgan fingerprint density at radius 3 is 2.84 bits per heavy atom. The van der Waals surface area contributed by atoms with E-state index in [1.165, 1.54) is 0 Å². The van der Waals surface area contributed by atoms with Crippen LogP contribution in [0.5, 0.6) is 0 Å². The summed E-state index contributed by atoms with van der Waals surface area (Å²) in [4.78, 5) is 18.7. The fourth-order valence-electron chi connectivity index (χ4n) is 2.82. The number of benzene rings is 1. The summed E-state index contributed by atoms with van der Waals surface area (Å²) >= 11 is 0. The van der Waals surface area contributed by atoms with E-state index in [2.05, 4.69) is 20.5 Å². The number of nitrogens with one attached hydrogen (secondary N) is 1. The average molecular weight is 341 g/mol. The summed E-state index contributed by atoms with van der Waals surface area (Å²) < 4.78 is 3.92. The van der Waals surface area contributed by atoms with Crippen molar-refractivity contribution in [1.29, 1.82) is 0 Å². The molecular formula is C17H23N7O. The molecule has 0 saturated carbocycles. The first-order chi connectivity index (χ1) is 12.0. The van der Waals surface area contributed by atoms with Gasteiger partial charge in [-0.1, -0.05) is 12.1 Å². The number of aryl methyl sites for hydroxylation is 2. The summed E-state index contributed by atoms with van der Waals surface area (Å²) in [5.41, 5.74) is 1.98. The molecule has 3 rings (SSSR count). The number of fused-ring (bicyclic) bond motifs is 1. The number of amides is 2.